The second-order valence-corrected chi connectivity index (χ2v) is 6.66. The van der Waals surface area contributed by atoms with E-state index in [-0.39, 0.29) is 0 Å². The number of fused-ring (bicyclic) bond motifs is 1. The van der Waals surface area contributed by atoms with Gasteiger partial charge in [0.2, 0.25) is 0 Å². The number of nitrogens with one attached hydrogen (secondary N) is 1. The number of nitrogens with zero attached hydrogens (tertiary/aromatic N) is 1. The lowest BCUT2D eigenvalue weighted by Gasteiger charge is -2.41. The molecule has 2 heteroatoms. The fourth-order valence-electron chi connectivity index (χ4n) is 3.80. The first-order chi connectivity index (χ1) is 9.31. The van der Waals surface area contributed by atoms with Gasteiger partial charge in [-0.1, -0.05) is 6.07 Å². The Kier molecular flexibility index (Phi) is 2.80. The highest BCUT2D eigenvalue weighted by atomic mass is 15.2. The average Bonchev–Trinajstić information content (AvgIpc) is 3.17. The van der Waals surface area contributed by atoms with Crippen molar-refractivity contribution >= 4 is 5.69 Å². The van der Waals surface area contributed by atoms with E-state index in [4.69, 9.17) is 0 Å². The molecule has 1 saturated carbocycles. The van der Waals surface area contributed by atoms with Gasteiger partial charge in [-0.2, -0.15) is 0 Å². The zero-order valence-corrected chi connectivity index (χ0v) is 11.9. The molecule has 1 aromatic carbocycles. The standard InChI is InChI=1S/C17H24N2/c1-12-10-18-17(14-5-6-14)11-19(12)16-8-7-13-3-2-4-15(13)9-16/h7-9,12,14,17-18H,2-6,10-11H2,1H3. The molecule has 4 rings (SSSR count). The summed E-state index contributed by atoms with van der Waals surface area (Å²) in [4.78, 5) is 2.64. The van der Waals surface area contributed by atoms with Gasteiger partial charge in [-0.15, -0.1) is 0 Å². The number of hydrogen-bond donors (Lipinski definition) is 1. The molecule has 1 heterocycles. The zero-order valence-electron chi connectivity index (χ0n) is 11.9. The third kappa shape index (κ3) is 2.16. The van der Waals surface area contributed by atoms with Crippen molar-refractivity contribution in [2.75, 3.05) is 18.0 Å². The van der Waals surface area contributed by atoms with Gasteiger partial charge in [-0.05, 0) is 68.2 Å². The van der Waals surface area contributed by atoms with Crippen LogP contribution in [0.3, 0.4) is 0 Å². The van der Waals surface area contributed by atoms with Crippen LogP contribution in [0.5, 0.6) is 0 Å². The third-order valence-corrected chi connectivity index (χ3v) is 5.21. The van der Waals surface area contributed by atoms with Crippen molar-refractivity contribution < 1.29 is 0 Å². The van der Waals surface area contributed by atoms with Gasteiger partial charge in [0.25, 0.3) is 0 Å². The van der Waals surface area contributed by atoms with Crippen molar-refractivity contribution in [3.8, 4) is 0 Å². The lowest BCUT2D eigenvalue weighted by Crippen LogP contribution is -2.56. The van der Waals surface area contributed by atoms with Gasteiger partial charge < -0.3 is 10.2 Å². The van der Waals surface area contributed by atoms with Crippen LogP contribution >= 0.6 is 0 Å². The first kappa shape index (κ1) is 11.8. The molecule has 0 radical (unpaired) electrons. The largest absolute Gasteiger partial charge is 0.366 e. The van der Waals surface area contributed by atoms with E-state index in [1.54, 1.807) is 11.1 Å². The van der Waals surface area contributed by atoms with Crippen LogP contribution in [0.15, 0.2) is 18.2 Å². The molecule has 2 fully saturated rings. The van der Waals surface area contributed by atoms with Crippen LogP contribution in [0.1, 0.15) is 37.3 Å². The Morgan fingerprint density at radius 1 is 1.16 bits per heavy atom. The van der Waals surface area contributed by atoms with Crippen molar-refractivity contribution in [2.45, 2.75) is 51.1 Å². The van der Waals surface area contributed by atoms with E-state index in [0.29, 0.717) is 6.04 Å². The summed E-state index contributed by atoms with van der Waals surface area (Å²) in [5, 5.41) is 3.74. The number of rotatable bonds is 2. The molecule has 2 unspecified atom stereocenters. The highest BCUT2D eigenvalue weighted by Gasteiger charge is 2.36. The van der Waals surface area contributed by atoms with Gasteiger partial charge >= 0.3 is 0 Å². The molecule has 1 aliphatic heterocycles. The fourth-order valence-corrected chi connectivity index (χ4v) is 3.80. The van der Waals surface area contributed by atoms with Gasteiger partial charge in [0.05, 0.1) is 0 Å². The molecule has 3 aliphatic rings. The minimum Gasteiger partial charge on any atom is -0.366 e. The maximum absolute atomic E-state index is 3.74. The SMILES string of the molecule is CC1CNC(C2CC2)CN1c1ccc2c(c1)CCC2. The van der Waals surface area contributed by atoms with Crippen LogP contribution in [-0.4, -0.2) is 25.2 Å². The number of aryl methyl sites for hydroxylation is 2. The molecule has 1 aromatic rings. The lowest BCUT2D eigenvalue weighted by atomic mass is 10.0. The summed E-state index contributed by atoms with van der Waals surface area (Å²) in [6, 6.07) is 8.54. The van der Waals surface area contributed by atoms with Gasteiger partial charge in [-0.3, -0.25) is 0 Å². The number of piperazine rings is 1. The maximum atomic E-state index is 3.74. The van der Waals surface area contributed by atoms with Crippen molar-refractivity contribution in [1.29, 1.82) is 0 Å². The molecule has 1 saturated heterocycles. The Balaban J connectivity index is 1.58. The maximum Gasteiger partial charge on any atom is 0.0387 e. The third-order valence-electron chi connectivity index (χ3n) is 5.21. The molecule has 0 spiro atoms. The molecule has 0 aromatic heterocycles. The van der Waals surface area contributed by atoms with Gasteiger partial charge in [0.15, 0.2) is 0 Å². The van der Waals surface area contributed by atoms with Crippen LogP contribution in [0.2, 0.25) is 0 Å². The van der Waals surface area contributed by atoms with Crippen LogP contribution in [0.25, 0.3) is 0 Å². The summed E-state index contributed by atoms with van der Waals surface area (Å²) >= 11 is 0. The summed E-state index contributed by atoms with van der Waals surface area (Å²) in [6.07, 6.45) is 6.79. The van der Waals surface area contributed by atoms with Crippen LogP contribution in [0, 0.1) is 5.92 Å². The Morgan fingerprint density at radius 3 is 2.84 bits per heavy atom. The summed E-state index contributed by atoms with van der Waals surface area (Å²) in [5.74, 6) is 0.949. The first-order valence-electron chi connectivity index (χ1n) is 7.93. The molecule has 102 valence electrons. The molecule has 2 nitrogen and oxygen atoms in total. The van der Waals surface area contributed by atoms with E-state index in [1.807, 2.05) is 0 Å². The molecule has 0 amide bonds. The van der Waals surface area contributed by atoms with Crippen LogP contribution < -0.4 is 10.2 Å². The van der Waals surface area contributed by atoms with Crippen molar-refractivity contribution in [2.24, 2.45) is 5.92 Å². The van der Waals surface area contributed by atoms with Crippen molar-refractivity contribution in [3.05, 3.63) is 29.3 Å². The number of benzene rings is 1. The normalized spacial score (nSPS) is 30.5. The highest BCUT2D eigenvalue weighted by molar-refractivity contribution is 5.53. The second-order valence-electron chi connectivity index (χ2n) is 6.66. The highest BCUT2D eigenvalue weighted by Crippen LogP contribution is 2.36. The van der Waals surface area contributed by atoms with E-state index in [1.165, 1.54) is 44.3 Å². The average molecular weight is 256 g/mol. The Labute approximate surface area is 116 Å². The number of anilines is 1. The summed E-state index contributed by atoms with van der Waals surface area (Å²) in [5.41, 5.74) is 4.65. The molecule has 2 atom stereocenters. The molecule has 2 aliphatic carbocycles. The first-order valence-corrected chi connectivity index (χ1v) is 7.93. The molecule has 1 N–H and O–H groups in total. The Morgan fingerprint density at radius 2 is 2.00 bits per heavy atom. The van der Waals surface area contributed by atoms with Gasteiger partial charge in [0.1, 0.15) is 0 Å². The van der Waals surface area contributed by atoms with Crippen LogP contribution in [0.4, 0.5) is 5.69 Å². The lowest BCUT2D eigenvalue weighted by molar-refractivity contribution is 0.376. The Hall–Kier alpha value is -1.02. The predicted molar refractivity (Wildman–Crippen MR) is 79.8 cm³/mol. The zero-order chi connectivity index (χ0) is 12.8. The fraction of sp³-hybridized carbons (Fsp3) is 0.647. The molecular weight excluding hydrogens is 232 g/mol. The topological polar surface area (TPSA) is 15.3 Å². The summed E-state index contributed by atoms with van der Waals surface area (Å²) < 4.78 is 0. The van der Waals surface area contributed by atoms with Gasteiger partial charge in [-0.25, -0.2) is 0 Å². The van der Waals surface area contributed by atoms with E-state index in [0.717, 1.165) is 18.5 Å². The summed E-state index contributed by atoms with van der Waals surface area (Å²) in [7, 11) is 0. The molecule has 0 bridgehead atoms. The van der Waals surface area contributed by atoms with E-state index in [9.17, 15) is 0 Å². The van der Waals surface area contributed by atoms with Crippen molar-refractivity contribution in [3.63, 3.8) is 0 Å². The van der Waals surface area contributed by atoms with Gasteiger partial charge in [0, 0.05) is 30.9 Å². The quantitative estimate of drug-likeness (QED) is 0.875. The molecule has 19 heavy (non-hydrogen) atoms. The minimum atomic E-state index is 0.620. The molecular formula is C17H24N2. The summed E-state index contributed by atoms with van der Waals surface area (Å²) in [6.45, 7) is 4.69. The second kappa shape index (κ2) is 4.52. The smallest absolute Gasteiger partial charge is 0.0387 e. The number of hydrogen-bond acceptors (Lipinski definition) is 2. The monoisotopic (exact) mass is 256 g/mol. The van der Waals surface area contributed by atoms with Crippen molar-refractivity contribution in [1.82, 2.24) is 5.32 Å². The van der Waals surface area contributed by atoms with Crippen LogP contribution in [-0.2, 0) is 12.8 Å². The Bertz CT molecular complexity index is 478. The minimum absolute atomic E-state index is 0.620. The van der Waals surface area contributed by atoms with E-state index in [2.05, 4.69) is 35.3 Å². The predicted octanol–water partition coefficient (Wildman–Crippen LogP) is 2.75. The van der Waals surface area contributed by atoms with E-state index >= 15 is 0 Å². The van der Waals surface area contributed by atoms with E-state index < -0.39 is 0 Å².